The highest BCUT2D eigenvalue weighted by molar-refractivity contribution is 6.13. The van der Waals surface area contributed by atoms with Crippen molar-refractivity contribution >= 4 is 23.2 Å². The van der Waals surface area contributed by atoms with E-state index in [1.807, 2.05) is 44.2 Å². The Bertz CT molecular complexity index is 1100. The largest absolute Gasteiger partial charge is 0.372 e. The Hall–Kier alpha value is -3.44. The number of likely N-dealkylation sites (N-methyl/N-ethyl adjacent to an activating group) is 1. The van der Waals surface area contributed by atoms with Crippen LogP contribution in [0.15, 0.2) is 78.9 Å². The first-order valence-corrected chi connectivity index (χ1v) is 10.0. The van der Waals surface area contributed by atoms with Crippen molar-refractivity contribution in [1.82, 2.24) is 0 Å². The molecular weight excluding hydrogens is 376 g/mol. The van der Waals surface area contributed by atoms with Gasteiger partial charge in [0.1, 0.15) is 6.54 Å². The van der Waals surface area contributed by atoms with Gasteiger partial charge in [-0.3, -0.25) is 14.5 Å². The summed E-state index contributed by atoms with van der Waals surface area (Å²) in [5, 5.41) is 11.5. The number of hydrogen-bond donors (Lipinski definition) is 1. The number of aryl methyl sites for hydroxylation is 1. The van der Waals surface area contributed by atoms with Crippen LogP contribution >= 0.6 is 0 Å². The zero-order valence-corrected chi connectivity index (χ0v) is 17.1. The fourth-order valence-electron chi connectivity index (χ4n) is 4.07. The van der Waals surface area contributed by atoms with Gasteiger partial charge in [0.25, 0.3) is 5.91 Å². The summed E-state index contributed by atoms with van der Waals surface area (Å²) in [5.41, 5.74) is 1.58. The van der Waals surface area contributed by atoms with Gasteiger partial charge in [-0.1, -0.05) is 60.7 Å². The van der Waals surface area contributed by atoms with Gasteiger partial charge in [0.05, 0.1) is 5.69 Å². The summed E-state index contributed by atoms with van der Waals surface area (Å²) in [5.74, 6) is -0.716. The minimum atomic E-state index is -1.81. The van der Waals surface area contributed by atoms with E-state index >= 15 is 0 Å². The Morgan fingerprint density at radius 1 is 1.00 bits per heavy atom. The standard InChI is InChI=1S/C25H24N2O3/c1-3-26(20-13-9-10-18(2)16-20)23(28)17-27-22-15-8-7-14-21(22)25(30,24(27)29)19-11-5-4-6-12-19/h4-16,30H,3,17H2,1-2H3. The quantitative estimate of drug-likeness (QED) is 0.711. The molecule has 2 amide bonds. The molecule has 0 saturated carbocycles. The molecule has 5 heteroatoms. The molecule has 0 radical (unpaired) electrons. The molecule has 1 atom stereocenters. The van der Waals surface area contributed by atoms with E-state index in [0.717, 1.165) is 11.3 Å². The molecule has 0 saturated heterocycles. The maximum absolute atomic E-state index is 13.4. The van der Waals surface area contributed by atoms with Crippen molar-refractivity contribution in [3.8, 4) is 0 Å². The van der Waals surface area contributed by atoms with E-state index in [9.17, 15) is 14.7 Å². The Labute approximate surface area is 176 Å². The molecule has 1 aliphatic heterocycles. The lowest BCUT2D eigenvalue weighted by atomic mass is 9.88. The summed E-state index contributed by atoms with van der Waals surface area (Å²) in [6.45, 7) is 4.21. The lowest BCUT2D eigenvalue weighted by Crippen LogP contribution is -2.46. The number of carbonyl (C=O) groups excluding carboxylic acids is 2. The fraction of sp³-hybridized carbons (Fsp3) is 0.200. The summed E-state index contributed by atoms with van der Waals surface area (Å²) in [7, 11) is 0. The van der Waals surface area contributed by atoms with Crippen LogP contribution in [0.5, 0.6) is 0 Å². The Morgan fingerprint density at radius 2 is 1.70 bits per heavy atom. The third-order valence-electron chi connectivity index (χ3n) is 5.55. The zero-order valence-electron chi connectivity index (χ0n) is 17.1. The van der Waals surface area contributed by atoms with E-state index in [1.54, 1.807) is 53.4 Å². The van der Waals surface area contributed by atoms with Crippen LogP contribution < -0.4 is 9.80 Å². The average Bonchev–Trinajstić information content (AvgIpc) is 2.98. The van der Waals surface area contributed by atoms with Crippen LogP contribution in [0, 0.1) is 6.92 Å². The second kappa shape index (κ2) is 7.76. The number of para-hydroxylation sites is 1. The van der Waals surface area contributed by atoms with E-state index in [2.05, 4.69) is 0 Å². The third-order valence-corrected chi connectivity index (χ3v) is 5.55. The molecule has 1 aliphatic rings. The Kier molecular flexibility index (Phi) is 5.14. The number of nitrogens with zero attached hydrogens (tertiary/aromatic N) is 2. The fourth-order valence-corrected chi connectivity index (χ4v) is 4.07. The Balaban J connectivity index is 1.70. The molecule has 0 aliphatic carbocycles. The van der Waals surface area contributed by atoms with Gasteiger partial charge in [-0.25, -0.2) is 0 Å². The molecule has 5 nitrogen and oxygen atoms in total. The summed E-state index contributed by atoms with van der Waals surface area (Å²) in [6, 6.07) is 23.7. The summed E-state index contributed by atoms with van der Waals surface area (Å²) in [6.07, 6.45) is 0. The van der Waals surface area contributed by atoms with Gasteiger partial charge in [0.15, 0.2) is 5.60 Å². The second-order valence-corrected chi connectivity index (χ2v) is 7.46. The van der Waals surface area contributed by atoms with Crippen molar-refractivity contribution in [3.05, 3.63) is 95.6 Å². The molecular formula is C25H24N2O3. The first-order chi connectivity index (χ1) is 14.5. The van der Waals surface area contributed by atoms with E-state index in [1.165, 1.54) is 4.90 Å². The van der Waals surface area contributed by atoms with Gasteiger partial charge in [-0.15, -0.1) is 0 Å². The molecule has 30 heavy (non-hydrogen) atoms. The van der Waals surface area contributed by atoms with Gasteiger partial charge in [0.2, 0.25) is 5.91 Å². The minimum Gasteiger partial charge on any atom is -0.372 e. The van der Waals surface area contributed by atoms with Gasteiger partial charge in [-0.05, 0) is 43.2 Å². The van der Waals surface area contributed by atoms with Crippen molar-refractivity contribution < 1.29 is 14.7 Å². The zero-order chi connectivity index (χ0) is 21.3. The van der Waals surface area contributed by atoms with E-state index in [4.69, 9.17) is 0 Å². The van der Waals surface area contributed by atoms with Crippen molar-refractivity contribution in [1.29, 1.82) is 0 Å². The average molecular weight is 400 g/mol. The van der Waals surface area contributed by atoms with E-state index in [-0.39, 0.29) is 12.5 Å². The van der Waals surface area contributed by atoms with Gasteiger partial charge in [-0.2, -0.15) is 0 Å². The highest BCUT2D eigenvalue weighted by Gasteiger charge is 2.51. The first-order valence-electron chi connectivity index (χ1n) is 10.0. The summed E-state index contributed by atoms with van der Waals surface area (Å²) >= 11 is 0. The molecule has 0 fully saturated rings. The molecule has 152 valence electrons. The highest BCUT2D eigenvalue weighted by atomic mass is 16.3. The number of rotatable bonds is 5. The molecule has 3 aromatic carbocycles. The lowest BCUT2D eigenvalue weighted by molar-refractivity contribution is -0.133. The van der Waals surface area contributed by atoms with Crippen molar-refractivity contribution in [2.45, 2.75) is 19.4 Å². The minimum absolute atomic E-state index is 0.146. The molecule has 1 N–H and O–H groups in total. The predicted molar refractivity (Wildman–Crippen MR) is 117 cm³/mol. The number of anilines is 2. The number of amides is 2. The van der Waals surface area contributed by atoms with Gasteiger partial charge in [0, 0.05) is 17.8 Å². The third kappa shape index (κ3) is 3.17. The number of carbonyl (C=O) groups is 2. The van der Waals surface area contributed by atoms with Crippen molar-refractivity contribution in [3.63, 3.8) is 0 Å². The monoisotopic (exact) mass is 400 g/mol. The van der Waals surface area contributed by atoms with Crippen LogP contribution in [0.4, 0.5) is 11.4 Å². The van der Waals surface area contributed by atoms with Crippen LogP contribution in [0.2, 0.25) is 0 Å². The number of aliphatic hydroxyl groups is 1. The molecule has 1 unspecified atom stereocenters. The molecule has 3 aromatic rings. The van der Waals surface area contributed by atoms with E-state index in [0.29, 0.717) is 23.4 Å². The van der Waals surface area contributed by atoms with Crippen LogP contribution in [-0.2, 0) is 15.2 Å². The van der Waals surface area contributed by atoms with Crippen molar-refractivity contribution in [2.75, 3.05) is 22.9 Å². The number of fused-ring (bicyclic) bond motifs is 1. The smallest absolute Gasteiger partial charge is 0.268 e. The van der Waals surface area contributed by atoms with Crippen molar-refractivity contribution in [2.24, 2.45) is 0 Å². The van der Waals surface area contributed by atoms with E-state index < -0.39 is 11.5 Å². The molecule has 0 aromatic heterocycles. The van der Waals surface area contributed by atoms with Crippen LogP contribution in [0.3, 0.4) is 0 Å². The lowest BCUT2D eigenvalue weighted by Gasteiger charge is -2.26. The summed E-state index contributed by atoms with van der Waals surface area (Å²) < 4.78 is 0. The highest BCUT2D eigenvalue weighted by Crippen LogP contribution is 2.44. The van der Waals surface area contributed by atoms with Crippen LogP contribution in [-0.4, -0.2) is 30.0 Å². The molecule has 0 bridgehead atoms. The van der Waals surface area contributed by atoms with Gasteiger partial charge >= 0.3 is 0 Å². The first kappa shape index (κ1) is 19.9. The topological polar surface area (TPSA) is 60.9 Å². The maximum atomic E-state index is 13.4. The second-order valence-electron chi connectivity index (χ2n) is 7.46. The summed E-state index contributed by atoms with van der Waals surface area (Å²) in [4.78, 5) is 29.7. The SMILES string of the molecule is CCN(C(=O)CN1C(=O)C(O)(c2ccccc2)c2ccccc21)c1cccc(C)c1. The molecule has 0 spiro atoms. The molecule has 4 rings (SSSR count). The van der Waals surface area contributed by atoms with Crippen LogP contribution in [0.1, 0.15) is 23.6 Å². The van der Waals surface area contributed by atoms with Gasteiger partial charge < -0.3 is 10.0 Å². The van der Waals surface area contributed by atoms with Crippen LogP contribution in [0.25, 0.3) is 0 Å². The number of hydrogen-bond acceptors (Lipinski definition) is 3. The molecule has 1 heterocycles. The number of benzene rings is 3. The predicted octanol–water partition coefficient (Wildman–Crippen LogP) is 3.63. The normalized spacial score (nSPS) is 17.7. The maximum Gasteiger partial charge on any atom is 0.268 e. The Morgan fingerprint density at radius 3 is 2.40 bits per heavy atom.